The van der Waals surface area contributed by atoms with Gasteiger partial charge in [0, 0.05) is 28.9 Å². The summed E-state index contributed by atoms with van der Waals surface area (Å²) in [6.45, 7) is 4.14. The van der Waals surface area contributed by atoms with Crippen LogP contribution in [0.5, 0.6) is 0 Å². The lowest BCUT2D eigenvalue weighted by Gasteiger charge is -2.10. The van der Waals surface area contributed by atoms with E-state index in [2.05, 4.69) is 10.6 Å². The summed E-state index contributed by atoms with van der Waals surface area (Å²) in [7, 11) is 0.937. The number of hydrogen-bond acceptors (Lipinski definition) is 3. The van der Waals surface area contributed by atoms with Crippen LogP contribution in [0.25, 0.3) is 0 Å². The van der Waals surface area contributed by atoms with Crippen LogP contribution in [0.2, 0.25) is 0 Å². The maximum atomic E-state index is 11.2. The standard InChI is InChI=1S/C8H18N2O2S/c1-4-13(12)6-5-10-8(11)7(2)9-3/h7,9H,4-6H2,1-3H3,(H,10,11). The molecule has 0 rings (SSSR count). The van der Waals surface area contributed by atoms with Crippen LogP contribution < -0.4 is 10.6 Å². The van der Waals surface area contributed by atoms with Crippen LogP contribution in [0.4, 0.5) is 0 Å². The summed E-state index contributed by atoms with van der Waals surface area (Å²) in [5.74, 6) is 1.14. The molecule has 0 bridgehead atoms. The molecule has 0 aromatic heterocycles. The van der Waals surface area contributed by atoms with Gasteiger partial charge in [-0.15, -0.1) is 0 Å². The van der Waals surface area contributed by atoms with Crippen LogP contribution >= 0.6 is 0 Å². The maximum Gasteiger partial charge on any atom is 0.236 e. The molecule has 0 saturated carbocycles. The van der Waals surface area contributed by atoms with Crippen LogP contribution in [-0.2, 0) is 15.6 Å². The first kappa shape index (κ1) is 12.6. The predicted octanol–water partition coefficient (Wildman–Crippen LogP) is -0.521. The van der Waals surface area contributed by atoms with Crippen molar-refractivity contribution in [2.75, 3.05) is 25.1 Å². The number of carbonyl (C=O) groups is 1. The second-order valence-electron chi connectivity index (χ2n) is 2.73. The molecule has 78 valence electrons. The third-order valence-electron chi connectivity index (χ3n) is 1.78. The van der Waals surface area contributed by atoms with E-state index in [1.165, 1.54) is 0 Å². The minimum absolute atomic E-state index is 0.0457. The highest BCUT2D eigenvalue weighted by atomic mass is 32.2. The molecule has 0 radical (unpaired) electrons. The molecule has 0 aromatic rings. The van der Waals surface area contributed by atoms with Crippen molar-refractivity contribution in [1.82, 2.24) is 10.6 Å². The average Bonchev–Trinajstić information content (AvgIpc) is 2.15. The summed E-state index contributed by atoms with van der Waals surface area (Å²) in [6.07, 6.45) is 0. The summed E-state index contributed by atoms with van der Waals surface area (Å²) in [5, 5.41) is 5.53. The lowest BCUT2D eigenvalue weighted by atomic mass is 10.3. The minimum Gasteiger partial charge on any atom is -0.354 e. The van der Waals surface area contributed by atoms with Crippen molar-refractivity contribution in [2.45, 2.75) is 19.9 Å². The van der Waals surface area contributed by atoms with Crippen molar-refractivity contribution >= 4 is 16.7 Å². The Kier molecular flexibility index (Phi) is 6.80. The molecule has 0 aliphatic carbocycles. The molecule has 5 heteroatoms. The van der Waals surface area contributed by atoms with Gasteiger partial charge in [0.05, 0.1) is 6.04 Å². The van der Waals surface area contributed by atoms with Crippen LogP contribution in [0, 0.1) is 0 Å². The topological polar surface area (TPSA) is 58.2 Å². The highest BCUT2D eigenvalue weighted by Crippen LogP contribution is 1.82. The number of rotatable bonds is 6. The summed E-state index contributed by atoms with van der Waals surface area (Å²) >= 11 is 0. The lowest BCUT2D eigenvalue weighted by Crippen LogP contribution is -2.41. The van der Waals surface area contributed by atoms with Crippen LogP contribution in [0.3, 0.4) is 0 Å². The fourth-order valence-electron chi connectivity index (χ4n) is 0.717. The fourth-order valence-corrected chi connectivity index (χ4v) is 1.33. The van der Waals surface area contributed by atoms with Crippen LogP contribution in [0.1, 0.15) is 13.8 Å². The molecule has 2 unspecified atom stereocenters. The number of amides is 1. The smallest absolute Gasteiger partial charge is 0.236 e. The molecule has 0 heterocycles. The number of carbonyl (C=O) groups excluding carboxylic acids is 1. The quantitative estimate of drug-likeness (QED) is 0.615. The third kappa shape index (κ3) is 5.76. The Hall–Kier alpha value is -0.420. The van der Waals surface area contributed by atoms with Gasteiger partial charge in [-0.05, 0) is 14.0 Å². The van der Waals surface area contributed by atoms with Gasteiger partial charge in [-0.3, -0.25) is 9.00 Å². The number of hydrogen-bond donors (Lipinski definition) is 2. The molecule has 0 saturated heterocycles. The first-order chi connectivity index (χ1) is 6.11. The van der Waals surface area contributed by atoms with Gasteiger partial charge in [0.2, 0.25) is 5.91 Å². The highest BCUT2D eigenvalue weighted by Gasteiger charge is 2.08. The summed E-state index contributed by atoms with van der Waals surface area (Å²) in [5.41, 5.74) is 0. The molecule has 13 heavy (non-hydrogen) atoms. The van der Waals surface area contributed by atoms with Crippen molar-refractivity contribution in [3.8, 4) is 0 Å². The molecule has 0 aliphatic heterocycles. The Morgan fingerprint density at radius 1 is 1.54 bits per heavy atom. The lowest BCUT2D eigenvalue weighted by molar-refractivity contribution is -0.122. The molecular formula is C8H18N2O2S. The van der Waals surface area contributed by atoms with Gasteiger partial charge in [0.1, 0.15) is 0 Å². The first-order valence-corrected chi connectivity index (χ1v) is 5.90. The van der Waals surface area contributed by atoms with E-state index in [-0.39, 0.29) is 11.9 Å². The van der Waals surface area contributed by atoms with E-state index < -0.39 is 10.8 Å². The molecule has 0 spiro atoms. The highest BCUT2D eigenvalue weighted by molar-refractivity contribution is 7.84. The monoisotopic (exact) mass is 206 g/mol. The Morgan fingerprint density at radius 3 is 2.62 bits per heavy atom. The van der Waals surface area contributed by atoms with E-state index in [1.807, 2.05) is 6.92 Å². The summed E-state index contributed by atoms with van der Waals surface area (Å²) in [6, 6.07) is -0.185. The third-order valence-corrected chi connectivity index (χ3v) is 3.08. The van der Waals surface area contributed by atoms with Gasteiger partial charge in [0.15, 0.2) is 0 Å². The zero-order valence-corrected chi connectivity index (χ0v) is 9.24. The molecule has 2 atom stereocenters. The SMILES string of the molecule is CCS(=O)CCNC(=O)C(C)NC. The van der Waals surface area contributed by atoms with Gasteiger partial charge >= 0.3 is 0 Å². The zero-order chi connectivity index (χ0) is 10.3. The van der Waals surface area contributed by atoms with Crippen molar-refractivity contribution < 1.29 is 9.00 Å². The van der Waals surface area contributed by atoms with Crippen LogP contribution in [0.15, 0.2) is 0 Å². The average molecular weight is 206 g/mol. The van der Waals surface area contributed by atoms with Crippen molar-refractivity contribution in [1.29, 1.82) is 0 Å². The van der Waals surface area contributed by atoms with Crippen molar-refractivity contribution in [3.05, 3.63) is 0 Å². The van der Waals surface area contributed by atoms with E-state index in [0.29, 0.717) is 18.1 Å². The summed E-state index contributed by atoms with van der Waals surface area (Å²) in [4.78, 5) is 11.2. The van der Waals surface area contributed by atoms with Gasteiger partial charge in [0.25, 0.3) is 0 Å². The molecule has 0 aliphatic rings. The van der Waals surface area contributed by atoms with Crippen LogP contribution in [-0.4, -0.2) is 41.3 Å². The van der Waals surface area contributed by atoms with Gasteiger partial charge < -0.3 is 10.6 Å². The van der Waals surface area contributed by atoms with E-state index in [4.69, 9.17) is 0 Å². The van der Waals surface area contributed by atoms with E-state index in [1.54, 1.807) is 14.0 Å². The first-order valence-electron chi connectivity index (χ1n) is 4.41. The van der Waals surface area contributed by atoms with E-state index in [9.17, 15) is 9.00 Å². The van der Waals surface area contributed by atoms with Gasteiger partial charge in [-0.25, -0.2) is 0 Å². The normalized spacial score (nSPS) is 15.0. The predicted molar refractivity (Wildman–Crippen MR) is 55.1 cm³/mol. The van der Waals surface area contributed by atoms with Gasteiger partial charge in [-0.2, -0.15) is 0 Å². The second kappa shape index (κ2) is 7.03. The molecular weight excluding hydrogens is 188 g/mol. The number of nitrogens with one attached hydrogen (secondary N) is 2. The van der Waals surface area contributed by atoms with E-state index in [0.717, 1.165) is 0 Å². The Morgan fingerprint density at radius 2 is 2.15 bits per heavy atom. The molecule has 4 nitrogen and oxygen atoms in total. The Labute approximate surface area is 81.9 Å². The van der Waals surface area contributed by atoms with Gasteiger partial charge in [-0.1, -0.05) is 6.92 Å². The molecule has 0 fully saturated rings. The molecule has 0 aromatic carbocycles. The molecule has 1 amide bonds. The zero-order valence-electron chi connectivity index (χ0n) is 8.42. The van der Waals surface area contributed by atoms with E-state index >= 15 is 0 Å². The summed E-state index contributed by atoms with van der Waals surface area (Å²) < 4.78 is 11.0. The van der Waals surface area contributed by atoms with Crippen molar-refractivity contribution in [2.24, 2.45) is 0 Å². The van der Waals surface area contributed by atoms with Crippen molar-refractivity contribution in [3.63, 3.8) is 0 Å². The maximum absolute atomic E-state index is 11.2. The second-order valence-corrected chi connectivity index (χ2v) is 4.60. The molecule has 2 N–H and O–H groups in total. The minimum atomic E-state index is -0.794. The fraction of sp³-hybridized carbons (Fsp3) is 0.875. The largest absolute Gasteiger partial charge is 0.354 e. The Bertz CT molecular complexity index is 185. The Balaban J connectivity index is 3.53. The number of likely N-dealkylation sites (N-methyl/N-ethyl adjacent to an activating group) is 1.